The van der Waals surface area contributed by atoms with Crippen molar-refractivity contribution in [3.63, 3.8) is 0 Å². The third-order valence-electron chi connectivity index (χ3n) is 1.69. The molecular weight excluding hydrogens is 206 g/mol. The predicted molar refractivity (Wildman–Crippen MR) is 64.8 cm³/mol. The van der Waals surface area contributed by atoms with E-state index in [0.29, 0.717) is 0 Å². The number of hydrogen-bond acceptors (Lipinski definition) is 3. The summed E-state index contributed by atoms with van der Waals surface area (Å²) < 4.78 is 0. The molecule has 0 atom stereocenters. The molecule has 2 nitrogen and oxygen atoms in total. The van der Waals surface area contributed by atoms with Gasteiger partial charge in [0.15, 0.2) is 5.78 Å². The quantitative estimate of drug-likeness (QED) is 0.576. The number of ketones is 1. The molecule has 80 valence electrons. The van der Waals surface area contributed by atoms with Crippen LogP contribution in [-0.4, -0.2) is 24.8 Å². The van der Waals surface area contributed by atoms with Crippen molar-refractivity contribution in [2.75, 3.05) is 14.1 Å². The number of nitrogens with zero attached hydrogens (tertiary/aromatic N) is 1. The van der Waals surface area contributed by atoms with Crippen LogP contribution in [0.5, 0.6) is 0 Å². The number of allylic oxidation sites excluding steroid dienone is 1. The molecule has 15 heavy (non-hydrogen) atoms. The highest BCUT2D eigenvalue weighted by atomic mass is 32.2. The van der Waals surface area contributed by atoms with Crippen molar-refractivity contribution < 1.29 is 4.79 Å². The standard InChI is InChI=1S/C12H15NOS/c1-10(14)12(9-13(2)3)15-11-7-5-4-6-8-11/h4-9H,1-3H3/b12-9-. The van der Waals surface area contributed by atoms with Gasteiger partial charge in [-0.15, -0.1) is 0 Å². The van der Waals surface area contributed by atoms with Gasteiger partial charge in [0.1, 0.15) is 0 Å². The zero-order chi connectivity index (χ0) is 11.3. The number of benzene rings is 1. The second kappa shape index (κ2) is 5.61. The first-order valence-corrected chi connectivity index (χ1v) is 5.53. The van der Waals surface area contributed by atoms with Gasteiger partial charge in [-0.3, -0.25) is 4.79 Å². The lowest BCUT2D eigenvalue weighted by molar-refractivity contribution is -0.113. The third kappa shape index (κ3) is 4.21. The molecule has 1 aromatic carbocycles. The average Bonchev–Trinajstić information content (AvgIpc) is 2.17. The van der Waals surface area contributed by atoms with E-state index in [0.717, 1.165) is 9.80 Å². The van der Waals surface area contributed by atoms with Crippen molar-refractivity contribution in [1.82, 2.24) is 4.90 Å². The Morgan fingerprint density at radius 1 is 1.27 bits per heavy atom. The monoisotopic (exact) mass is 221 g/mol. The van der Waals surface area contributed by atoms with Crippen LogP contribution < -0.4 is 0 Å². The summed E-state index contributed by atoms with van der Waals surface area (Å²) in [5.41, 5.74) is 0. The van der Waals surface area contributed by atoms with Crippen molar-refractivity contribution in [3.05, 3.63) is 41.4 Å². The largest absolute Gasteiger partial charge is 0.382 e. The minimum absolute atomic E-state index is 0.0950. The van der Waals surface area contributed by atoms with Gasteiger partial charge in [-0.1, -0.05) is 30.0 Å². The molecule has 0 aliphatic heterocycles. The highest BCUT2D eigenvalue weighted by Gasteiger charge is 2.06. The minimum atomic E-state index is 0.0950. The summed E-state index contributed by atoms with van der Waals surface area (Å²) in [7, 11) is 3.82. The van der Waals surface area contributed by atoms with Crippen LogP contribution in [0, 0.1) is 0 Å². The average molecular weight is 221 g/mol. The Morgan fingerprint density at radius 2 is 1.87 bits per heavy atom. The lowest BCUT2D eigenvalue weighted by Gasteiger charge is -2.09. The molecule has 1 aromatic rings. The molecule has 0 unspecified atom stereocenters. The molecular formula is C12H15NOS. The van der Waals surface area contributed by atoms with E-state index in [2.05, 4.69) is 0 Å². The van der Waals surface area contributed by atoms with Gasteiger partial charge >= 0.3 is 0 Å². The highest BCUT2D eigenvalue weighted by molar-refractivity contribution is 8.04. The second-order valence-corrected chi connectivity index (χ2v) is 4.54. The fourth-order valence-corrected chi connectivity index (χ4v) is 1.99. The molecule has 0 heterocycles. The van der Waals surface area contributed by atoms with E-state index in [9.17, 15) is 4.79 Å². The number of carbonyl (C=O) groups excluding carboxylic acids is 1. The fourth-order valence-electron chi connectivity index (χ4n) is 1.04. The summed E-state index contributed by atoms with van der Waals surface area (Å²) >= 11 is 1.50. The van der Waals surface area contributed by atoms with Crippen LogP contribution in [0.2, 0.25) is 0 Å². The van der Waals surface area contributed by atoms with E-state index >= 15 is 0 Å². The zero-order valence-electron chi connectivity index (χ0n) is 9.23. The Balaban J connectivity index is 2.81. The maximum Gasteiger partial charge on any atom is 0.167 e. The highest BCUT2D eigenvalue weighted by Crippen LogP contribution is 2.26. The number of rotatable bonds is 4. The first-order chi connectivity index (χ1) is 7.09. The van der Waals surface area contributed by atoms with E-state index in [1.807, 2.05) is 55.5 Å². The predicted octanol–water partition coefficient (Wildman–Crippen LogP) is 2.77. The number of Topliss-reactive ketones (excluding diaryl/α,β-unsaturated/α-hetero) is 1. The van der Waals surface area contributed by atoms with Crippen LogP contribution in [0.25, 0.3) is 0 Å². The van der Waals surface area contributed by atoms with E-state index in [-0.39, 0.29) is 5.78 Å². The Hall–Kier alpha value is -1.22. The summed E-state index contributed by atoms with van der Waals surface area (Å²) in [4.78, 5) is 15.1. The van der Waals surface area contributed by atoms with E-state index in [4.69, 9.17) is 0 Å². The van der Waals surface area contributed by atoms with Crippen LogP contribution in [0.4, 0.5) is 0 Å². The molecule has 0 amide bonds. The van der Waals surface area contributed by atoms with Crippen LogP contribution in [-0.2, 0) is 4.79 Å². The maximum absolute atomic E-state index is 11.4. The smallest absolute Gasteiger partial charge is 0.167 e. The Labute approximate surface area is 95.0 Å². The summed E-state index contributed by atoms with van der Waals surface area (Å²) in [6.07, 6.45) is 1.85. The molecule has 0 aliphatic rings. The van der Waals surface area contributed by atoms with Crippen LogP contribution in [0.3, 0.4) is 0 Å². The normalized spacial score (nSPS) is 11.3. The van der Waals surface area contributed by atoms with Gasteiger partial charge in [-0.05, 0) is 19.1 Å². The molecule has 0 aliphatic carbocycles. The molecule has 0 N–H and O–H groups in total. The Kier molecular flexibility index (Phi) is 4.43. The van der Waals surface area contributed by atoms with Crippen molar-refractivity contribution >= 4 is 17.5 Å². The zero-order valence-corrected chi connectivity index (χ0v) is 10.0. The second-order valence-electron chi connectivity index (χ2n) is 3.43. The summed E-state index contributed by atoms with van der Waals surface area (Å²) in [5, 5.41) is 0. The van der Waals surface area contributed by atoms with Crippen LogP contribution in [0.15, 0.2) is 46.3 Å². The van der Waals surface area contributed by atoms with Gasteiger partial charge in [0.2, 0.25) is 0 Å². The topological polar surface area (TPSA) is 20.3 Å². The minimum Gasteiger partial charge on any atom is -0.382 e. The van der Waals surface area contributed by atoms with E-state index in [1.54, 1.807) is 6.92 Å². The Morgan fingerprint density at radius 3 is 2.33 bits per heavy atom. The first-order valence-electron chi connectivity index (χ1n) is 4.71. The number of hydrogen-bond donors (Lipinski definition) is 0. The van der Waals surface area contributed by atoms with Gasteiger partial charge in [0.25, 0.3) is 0 Å². The third-order valence-corrected chi connectivity index (χ3v) is 2.81. The molecule has 0 aromatic heterocycles. The van der Waals surface area contributed by atoms with Crippen molar-refractivity contribution in [3.8, 4) is 0 Å². The van der Waals surface area contributed by atoms with Gasteiger partial charge < -0.3 is 4.90 Å². The summed E-state index contributed by atoms with van der Waals surface area (Å²) in [6, 6.07) is 9.90. The Bertz CT molecular complexity index is 357. The number of carbonyl (C=O) groups is 1. The fraction of sp³-hybridized carbons (Fsp3) is 0.250. The molecule has 0 bridgehead atoms. The molecule has 3 heteroatoms. The van der Waals surface area contributed by atoms with Crippen LogP contribution >= 0.6 is 11.8 Å². The molecule has 0 saturated heterocycles. The van der Waals surface area contributed by atoms with Crippen molar-refractivity contribution in [1.29, 1.82) is 0 Å². The van der Waals surface area contributed by atoms with Gasteiger partial charge in [0, 0.05) is 25.2 Å². The molecule has 1 rings (SSSR count). The molecule has 0 fully saturated rings. The molecule has 0 radical (unpaired) electrons. The number of thioether (sulfide) groups is 1. The van der Waals surface area contributed by atoms with Crippen molar-refractivity contribution in [2.45, 2.75) is 11.8 Å². The molecule has 0 spiro atoms. The lowest BCUT2D eigenvalue weighted by Crippen LogP contribution is -2.05. The summed E-state index contributed by atoms with van der Waals surface area (Å²) in [6.45, 7) is 1.59. The lowest BCUT2D eigenvalue weighted by atomic mass is 10.4. The SMILES string of the molecule is CC(=O)/C(=C/N(C)C)Sc1ccccc1. The van der Waals surface area contributed by atoms with E-state index in [1.165, 1.54) is 11.8 Å². The van der Waals surface area contributed by atoms with Gasteiger partial charge in [0.05, 0.1) is 4.91 Å². The van der Waals surface area contributed by atoms with Crippen LogP contribution in [0.1, 0.15) is 6.92 Å². The molecule has 0 saturated carbocycles. The summed E-state index contributed by atoms with van der Waals surface area (Å²) in [5.74, 6) is 0.0950. The van der Waals surface area contributed by atoms with Crippen molar-refractivity contribution in [2.24, 2.45) is 0 Å². The van der Waals surface area contributed by atoms with E-state index < -0.39 is 0 Å². The first kappa shape index (κ1) is 11.9. The van der Waals surface area contributed by atoms with Gasteiger partial charge in [-0.25, -0.2) is 0 Å². The van der Waals surface area contributed by atoms with Gasteiger partial charge in [-0.2, -0.15) is 0 Å². The maximum atomic E-state index is 11.4.